The summed E-state index contributed by atoms with van der Waals surface area (Å²) in [5, 5.41) is 0.0183. The molecule has 1 N–H and O–H groups in total. The average molecular weight is 494 g/mol. The molecule has 0 radical (unpaired) electrons. The molecule has 34 heavy (non-hydrogen) atoms. The Labute approximate surface area is 197 Å². The van der Waals surface area contributed by atoms with Crippen LogP contribution in [0.3, 0.4) is 0 Å². The first-order valence-corrected chi connectivity index (χ1v) is 10.4. The number of carbonyl (C=O) groups excluding carboxylic acids is 1. The molecule has 0 unspecified atom stereocenters. The summed E-state index contributed by atoms with van der Waals surface area (Å²) >= 11 is 6.14. The summed E-state index contributed by atoms with van der Waals surface area (Å²) < 4.78 is 51.2. The van der Waals surface area contributed by atoms with Crippen LogP contribution in [0.25, 0.3) is 17.2 Å². The molecule has 6 nitrogen and oxygen atoms in total. The second-order valence-electron chi connectivity index (χ2n) is 6.91. The van der Waals surface area contributed by atoms with Crippen LogP contribution in [0.2, 0.25) is 5.02 Å². The number of benzene rings is 2. The fourth-order valence-electron chi connectivity index (χ4n) is 3.01. The van der Waals surface area contributed by atoms with E-state index in [9.17, 15) is 22.8 Å². The van der Waals surface area contributed by atoms with Gasteiger partial charge in [-0.2, -0.15) is 0 Å². The molecule has 0 atom stereocenters. The lowest BCUT2D eigenvalue weighted by Gasteiger charge is -2.12. The molecule has 0 fully saturated rings. The van der Waals surface area contributed by atoms with Crippen molar-refractivity contribution in [1.82, 2.24) is 4.98 Å². The summed E-state index contributed by atoms with van der Waals surface area (Å²) in [6.07, 6.45) is -2.14. The Bertz CT molecular complexity index is 1250. The van der Waals surface area contributed by atoms with Crippen molar-refractivity contribution < 1.29 is 32.2 Å². The highest BCUT2D eigenvalue weighted by molar-refractivity contribution is 6.31. The molecule has 3 rings (SSSR count). The first-order chi connectivity index (χ1) is 16.1. The van der Waals surface area contributed by atoms with Gasteiger partial charge in [0.25, 0.3) is 0 Å². The lowest BCUT2D eigenvalue weighted by Crippen LogP contribution is -2.16. The van der Waals surface area contributed by atoms with Gasteiger partial charge in [-0.1, -0.05) is 23.7 Å². The molecule has 1 aromatic heterocycles. The predicted molar refractivity (Wildman–Crippen MR) is 121 cm³/mol. The molecule has 10 heteroatoms. The van der Waals surface area contributed by atoms with Crippen molar-refractivity contribution in [3.8, 4) is 28.4 Å². The molecule has 0 saturated carbocycles. The normalized spacial score (nSPS) is 11.5. The molecular formula is C24H19ClF3NO5. The second kappa shape index (κ2) is 10.5. The van der Waals surface area contributed by atoms with Gasteiger partial charge in [-0.15, -0.1) is 13.2 Å². The molecule has 0 saturated heterocycles. The van der Waals surface area contributed by atoms with E-state index < -0.39 is 17.8 Å². The van der Waals surface area contributed by atoms with Crippen molar-refractivity contribution >= 4 is 23.6 Å². The van der Waals surface area contributed by atoms with E-state index in [4.69, 9.17) is 21.1 Å². The van der Waals surface area contributed by atoms with E-state index in [1.807, 2.05) is 0 Å². The van der Waals surface area contributed by atoms with Crippen molar-refractivity contribution in [2.24, 2.45) is 0 Å². The Morgan fingerprint density at radius 3 is 2.15 bits per heavy atom. The number of H-pyrrole nitrogens is 1. The van der Waals surface area contributed by atoms with Crippen LogP contribution in [-0.4, -0.2) is 23.9 Å². The van der Waals surface area contributed by atoms with E-state index in [1.165, 1.54) is 24.3 Å². The highest BCUT2D eigenvalue weighted by atomic mass is 35.5. The third-order valence-corrected chi connectivity index (χ3v) is 4.91. The monoisotopic (exact) mass is 493 g/mol. The zero-order chi connectivity index (χ0) is 24.9. The number of ether oxygens (including phenoxy) is 3. The van der Waals surface area contributed by atoms with Gasteiger partial charge in [0.1, 0.15) is 22.3 Å². The molecule has 0 aliphatic carbocycles. The van der Waals surface area contributed by atoms with Crippen molar-refractivity contribution in [1.29, 1.82) is 0 Å². The molecular weight excluding hydrogens is 475 g/mol. The summed E-state index contributed by atoms with van der Waals surface area (Å²) in [7, 11) is 0. The number of hydrogen-bond donors (Lipinski definition) is 1. The van der Waals surface area contributed by atoms with Gasteiger partial charge in [-0.25, -0.2) is 4.79 Å². The topological polar surface area (TPSA) is 77.6 Å². The van der Waals surface area contributed by atoms with Crippen LogP contribution in [-0.2, 0) is 9.53 Å². The summed E-state index contributed by atoms with van der Waals surface area (Å²) in [5.74, 6) is -0.255. The Hall–Kier alpha value is -3.72. The Balaban J connectivity index is 1.86. The maximum atomic E-state index is 12.9. The lowest BCUT2D eigenvalue weighted by atomic mass is 10.0. The van der Waals surface area contributed by atoms with Gasteiger partial charge in [-0.05, 0) is 61.9 Å². The maximum absolute atomic E-state index is 12.9. The SMILES string of the molecule is CCOC(=O)C=Cc1[nH]c(C)c(Cl)c(=O)c1-c1ccc(Oc2ccc(OC(F)(F)F)cc2)cc1. The molecule has 178 valence electrons. The van der Waals surface area contributed by atoms with E-state index in [0.29, 0.717) is 22.7 Å². The number of aryl methyl sites for hydroxylation is 1. The number of esters is 1. The molecule has 2 aromatic carbocycles. The lowest BCUT2D eigenvalue weighted by molar-refractivity contribution is -0.274. The van der Waals surface area contributed by atoms with E-state index in [-0.39, 0.29) is 28.7 Å². The quantitative estimate of drug-likeness (QED) is 0.310. The molecule has 0 amide bonds. The summed E-state index contributed by atoms with van der Waals surface area (Å²) in [6.45, 7) is 3.53. The van der Waals surface area contributed by atoms with Crippen LogP contribution in [0.1, 0.15) is 18.3 Å². The first kappa shape index (κ1) is 24.9. The average Bonchev–Trinajstić information content (AvgIpc) is 2.77. The van der Waals surface area contributed by atoms with Crippen LogP contribution in [0.4, 0.5) is 13.2 Å². The van der Waals surface area contributed by atoms with Crippen LogP contribution < -0.4 is 14.9 Å². The number of pyridine rings is 1. The number of alkyl halides is 3. The minimum absolute atomic E-state index is 0.0183. The number of hydrogen-bond acceptors (Lipinski definition) is 5. The summed E-state index contributed by atoms with van der Waals surface area (Å²) in [4.78, 5) is 27.6. The Morgan fingerprint density at radius 1 is 1.03 bits per heavy atom. The molecule has 1 heterocycles. The smallest absolute Gasteiger partial charge is 0.463 e. The summed E-state index contributed by atoms with van der Waals surface area (Å²) in [5.41, 5.74) is 1.14. The van der Waals surface area contributed by atoms with Gasteiger partial charge in [0, 0.05) is 11.8 Å². The van der Waals surface area contributed by atoms with Gasteiger partial charge in [0.15, 0.2) is 0 Å². The number of nitrogens with one attached hydrogen (secondary N) is 1. The summed E-state index contributed by atoms with van der Waals surface area (Å²) in [6, 6.07) is 11.3. The van der Waals surface area contributed by atoms with Crippen molar-refractivity contribution in [2.75, 3.05) is 6.61 Å². The number of aromatic amines is 1. The van der Waals surface area contributed by atoms with Gasteiger partial charge >= 0.3 is 12.3 Å². The predicted octanol–water partition coefficient (Wildman–Crippen LogP) is 6.27. The van der Waals surface area contributed by atoms with Gasteiger partial charge in [0.05, 0.1) is 17.9 Å². The number of rotatable bonds is 7. The van der Waals surface area contributed by atoms with Crippen LogP contribution in [0.5, 0.6) is 17.2 Å². The standard InChI is InChI=1S/C24H19ClF3NO5/c1-3-32-20(30)13-12-19-21(23(31)22(25)14(2)29-19)15-4-6-16(7-5-15)33-17-8-10-18(11-9-17)34-24(26,27)28/h4-13H,3H2,1-2H3,(H,29,31). The minimum Gasteiger partial charge on any atom is -0.463 e. The van der Waals surface area contributed by atoms with Crippen molar-refractivity contribution in [3.05, 3.63) is 81.2 Å². The van der Waals surface area contributed by atoms with Crippen LogP contribution in [0, 0.1) is 6.92 Å². The first-order valence-electron chi connectivity index (χ1n) is 9.98. The molecule has 0 aliphatic heterocycles. The molecule has 0 bridgehead atoms. The highest BCUT2D eigenvalue weighted by Crippen LogP contribution is 2.30. The maximum Gasteiger partial charge on any atom is 0.573 e. The zero-order valence-electron chi connectivity index (χ0n) is 18.0. The number of carbonyl (C=O) groups is 1. The van der Waals surface area contributed by atoms with Crippen LogP contribution in [0.15, 0.2) is 59.4 Å². The van der Waals surface area contributed by atoms with E-state index in [2.05, 4.69) is 9.72 Å². The van der Waals surface area contributed by atoms with Gasteiger partial charge < -0.3 is 19.2 Å². The Morgan fingerprint density at radius 2 is 1.59 bits per heavy atom. The molecule has 0 aliphatic rings. The fraction of sp³-hybridized carbons (Fsp3) is 0.167. The number of halogens is 4. The van der Waals surface area contributed by atoms with E-state index >= 15 is 0 Å². The minimum atomic E-state index is -4.78. The van der Waals surface area contributed by atoms with Crippen LogP contribution >= 0.6 is 11.6 Å². The van der Waals surface area contributed by atoms with Crippen molar-refractivity contribution in [3.63, 3.8) is 0 Å². The second-order valence-corrected chi connectivity index (χ2v) is 7.29. The van der Waals surface area contributed by atoms with Crippen molar-refractivity contribution in [2.45, 2.75) is 20.2 Å². The third-order valence-electron chi connectivity index (χ3n) is 4.46. The van der Waals surface area contributed by atoms with Gasteiger partial charge in [-0.3, -0.25) is 4.79 Å². The van der Waals surface area contributed by atoms with E-state index in [1.54, 1.807) is 38.1 Å². The van der Waals surface area contributed by atoms with E-state index in [0.717, 1.165) is 12.1 Å². The number of aromatic nitrogens is 1. The highest BCUT2D eigenvalue weighted by Gasteiger charge is 2.31. The largest absolute Gasteiger partial charge is 0.573 e. The molecule has 3 aromatic rings. The Kier molecular flexibility index (Phi) is 7.68. The fourth-order valence-corrected chi connectivity index (χ4v) is 3.15. The zero-order valence-corrected chi connectivity index (χ0v) is 18.8. The third kappa shape index (κ3) is 6.41. The molecule has 0 spiro atoms. The van der Waals surface area contributed by atoms with Gasteiger partial charge in [0.2, 0.25) is 5.43 Å².